The fourth-order valence-electron chi connectivity index (χ4n) is 1.41. The number of hydrogen-bond acceptors (Lipinski definition) is 1. The average Bonchev–Trinajstić information content (AvgIpc) is 2.70. The monoisotopic (exact) mass is 154 g/mol. The lowest BCUT2D eigenvalue weighted by molar-refractivity contribution is 0.598. The molecule has 0 aromatic carbocycles. The quantitative estimate of drug-likeness (QED) is 0.488. The third-order valence-corrected chi connectivity index (χ3v) is 2.29. The van der Waals surface area contributed by atoms with E-state index >= 15 is 0 Å². The van der Waals surface area contributed by atoms with E-state index in [9.17, 15) is 0 Å². The Bertz CT molecular complexity index is 157. The third kappa shape index (κ3) is 2.21. The van der Waals surface area contributed by atoms with Gasteiger partial charge in [0.25, 0.3) is 0 Å². The van der Waals surface area contributed by atoms with Crippen molar-refractivity contribution >= 4 is 5.84 Å². The molecule has 1 aliphatic rings. The summed E-state index contributed by atoms with van der Waals surface area (Å²) in [4.78, 5) is 4.52. The van der Waals surface area contributed by atoms with E-state index < -0.39 is 0 Å². The van der Waals surface area contributed by atoms with Crippen LogP contribution in [0.15, 0.2) is 4.99 Å². The van der Waals surface area contributed by atoms with E-state index in [0.717, 1.165) is 12.3 Å². The van der Waals surface area contributed by atoms with Crippen LogP contribution in [-0.4, -0.2) is 11.4 Å². The first-order valence-electron chi connectivity index (χ1n) is 4.56. The van der Waals surface area contributed by atoms with Gasteiger partial charge in [0.1, 0.15) is 0 Å². The summed E-state index contributed by atoms with van der Waals surface area (Å²) in [6.07, 6.45) is 5.84. The Morgan fingerprint density at radius 3 is 2.45 bits per heavy atom. The molecule has 0 radical (unpaired) electrons. The zero-order chi connectivity index (χ0) is 8.32. The molecule has 2 nitrogen and oxygen atoms in total. The zero-order valence-corrected chi connectivity index (χ0v) is 7.56. The second-order valence-corrected chi connectivity index (χ2v) is 3.43. The highest BCUT2D eigenvalue weighted by atomic mass is 15.0. The number of hydrogen-bond donors (Lipinski definition) is 1. The Labute approximate surface area is 68.9 Å². The van der Waals surface area contributed by atoms with E-state index in [1.807, 2.05) is 0 Å². The number of aliphatic imine (C=N–C) groups is 1. The molecule has 0 amide bonds. The van der Waals surface area contributed by atoms with Crippen molar-refractivity contribution in [1.82, 2.24) is 0 Å². The van der Waals surface area contributed by atoms with E-state index in [0.29, 0.717) is 0 Å². The first-order valence-corrected chi connectivity index (χ1v) is 4.56. The van der Waals surface area contributed by atoms with E-state index in [-0.39, 0.29) is 5.54 Å². The molecule has 2 heteroatoms. The summed E-state index contributed by atoms with van der Waals surface area (Å²) in [5, 5.41) is 0. The molecule has 0 aromatic heterocycles. The van der Waals surface area contributed by atoms with Crippen LogP contribution in [-0.2, 0) is 0 Å². The van der Waals surface area contributed by atoms with Crippen LogP contribution in [0.25, 0.3) is 0 Å². The lowest BCUT2D eigenvalue weighted by atomic mass is 10.1. The Balaban J connectivity index is 2.46. The number of rotatable bonds is 4. The Morgan fingerprint density at radius 1 is 1.45 bits per heavy atom. The Morgan fingerprint density at radius 2 is 2.09 bits per heavy atom. The van der Waals surface area contributed by atoms with Gasteiger partial charge >= 0.3 is 0 Å². The number of nitrogens with two attached hydrogens (primary N) is 1. The normalized spacial score (nSPS) is 21.8. The molecular formula is C9H18N2. The SMILES string of the molecule is CCCC1(N=C(N)CC)CC1. The van der Waals surface area contributed by atoms with E-state index in [2.05, 4.69) is 18.8 Å². The van der Waals surface area contributed by atoms with Crippen LogP contribution in [0.5, 0.6) is 0 Å². The minimum absolute atomic E-state index is 0.287. The van der Waals surface area contributed by atoms with Gasteiger partial charge in [0.2, 0.25) is 0 Å². The third-order valence-electron chi connectivity index (χ3n) is 2.29. The van der Waals surface area contributed by atoms with Gasteiger partial charge in [-0.25, -0.2) is 0 Å². The van der Waals surface area contributed by atoms with Crippen molar-refractivity contribution in [2.45, 2.75) is 51.5 Å². The van der Waals surface area contributed by atoms with Gasteiger partial charge in [-0.05, 0) is 19.3 Å². The predicted molar refractivity (Wildman–Crippen MR) is 48.8 cm³/mol. The van der Waals surface area contributed by atoms with Crippen molar-refractivity contribution < 1.29 is 0 Å². The van der Waals surface area contributed by atoms with Crippen LogP contribution in [0.1, 0.15) is 46.0 Å². The van der Waals surface area contributed by atoms with Crippen molar-refractivity contribution in [3.05, 3.63) is 0 Å². The van der Waals surface area contributed by atoms with Gasteiger partial charge in [-0.15, -0.1) is 0 Å². The van der Waals surface area contributed by atoms with Crippen LogP contribution in [0.2, 0.25) is 0 Å². The van der Waals surface area contributed by atoms with Crippen LogP contribution in [0.4, 0.5) is 0 Å². The summed E-state index contributed by atoms with van der Waals surface area (Å²) in [6, 6.07) is 0. The van der Waals surface area contributed by atoms with Crippen molar-refractivity contribution in [3.63, 3.8) is 0 Å². The van der Waals surface area contributed by atoms with E-state index in [1.165, 1.54) is 25.7 Å². The Hall–Kier alpha value is -0.530. The van der Waals surface area contributed by atoms with Gasteiger partial charge in [-0.3, -0.25) is 4.99 Å². The summed E-state index contributed by atoms with van der Waals surface area (Å²) >= 11 is 0. The van der Waals surface area contributed by atoms with Gasteiger partial charge in [0.05, 0.1) is 11.4 Å². The Kier molecular flexibility index (Phi) is 2.53. The predicted octanol–water partition coefficient (Wildman–Crippen LogP) is 2.09. The molecule has 0 aromatic rings. The van der Waals surface area contributed by atoms with E-state index in [1.54, 1.807) is 0 Å². The van der Waals surface area contributed by atoms with Gasteiger partial charge < -0.3 is 5.73 Å². The molecule has 0 unspecified atom stereocenters. The minimum Gasteiger partial charge on any atom is -0.387 e. The van der Waals surface area contributed by atoms with Crippen LogP contribution >= 0.6 is 0 Å². The fourth-order valence-corrected chi connectivity index (χ4v) is 1.41. The van der Waals surface area contributed by atoms with Gasteiger partial charge in [-0.1, -0.05) is 20.3 Å². The van der Waals surface area contributed by atoms with Crippen LogP contribution in [0.3, 0.4) is 0 Å². The van der Waals surface area contributed by atoms with Crippen molar-refractivity contribution in [1.29, 1.82) is 0 Å². The smallest absolute Gasteiger partial charge is 0.0941 e. The van der Waals surface area contributed by atoms with E-state index in [4.69, 9.17) is 5.73 Å². The maximum absolute atomic E-state index is 5.68. The first-order chi connectivity index (χ1) is 5.22. The molecule has 0 aliphatic heterocycles. The molecule has 0 bridgehead atoms. The molecule has 0 atom stereocenters. The van der Waals surface area contributed by atoms with Gasteiger partial charge in [0.15, 0.2) is 0 Å². The average molecular weight is 154 g/mol. The summed E-state index contributed by atoms with van der Waals surface area (Å²) in [7, 11) is 0. The summed E-state index contributed by atoms with van der Waals surface area (Å²) in [5.74, 6) is 0.830. The molecule has 2 N–H and O–H groups in total. The van der Waals surface area contributed by atoms with Crippen molar-refractivity contribution in [2.75, 3.05) is 0 Å². The second kappa shape index (κ2) is 3.24. The van der Waals surface area contributed by atoms with Gasteiger partial charge in [0, 0.05) is 6.42 Å². The van der Waals surface area contributed by atoms with Crippen molar-refractivity contribution in [3.8, 4) is 0 Å². The molecule has 1 fully saturated rings. The highest BCUT2D eigenvalue weighted by molar-refractivity contribution is 5.80. The van der Waals surface area contributed by atoms with Gasteiger partial charge in [-0.2, -0.15) is 0 Å². The lowest BCUT2D eigenvalue weighted by Gasteiger charge is -2.08. The zero-order valence-electron chi connectivity index (χ0n) is 7.56. The van der Waals surface area contributed by atoms with Crippen LogP contribution in [0, 0.1) is 0 Å². The second-order valence-electron chi connectivity index (χ2n) is 3.43. The highest BCUT2D eigenvalue weighted by Crippen LogP contribution is 2.43. The molecule has 0 heterocycles. The summed E-state index contributed by atoms with van der Waals surface area (Å²) in [6.45, 7) is 4.26. The number of nitrogens with zero attached hydrogens (tertiary/aromatic N) is 1. The molecule has 1 rings (SSSR count). The molecule has 1 saturated carbocycles. The van der Waals surface area contributed by atoms with Crippen molar-refractivity contribution in [2.24, 2.45) is 10.7 Å². The standard InChI is InChI=1S/C9H18N2/c1-3-5-9(6-7-9)11-8(10)4-2/h3-7H2,1-2H3,(H2,10,11). The molecule has 1 aliphatic carbocycles. The molecule has 0 saturated heterocycles. The maximum atomic E-state index is 5.68. The molecule has 0 spiro atoms. The largest absolute Gasteiger partial charge is 0.387 e. The first kappa shape index (κ1) is 8.57. The number of amidine groups is 1. The topological polar surface area (TPSA) is 38.4 Å². The lowest BCUT2D eigenvalue weighted by Crippen LogP contribution is -2.16. The summed E-state index contributed by atoms with van der Waals surface area (Å²) < 4.78 is 0. The highest BCUT2D eigenvalue weighted by Gasteiger charge is 2.41. The minimum atomic E-state index is 0.287. The summed E-state index contributed by atoms with van der Waals surface area (Å²) in [5.41, 5.74) is 5.97. The fraction of sp³-hybridized carbons (Fsp3) is 0.889. The maximum Gasteiger partial charge on any atom is 0.0941 e. The molecular weight excluding hydrogens is 136 g/mol. The molecule has 64 valence electrons. The van der Waals surface area contributed by atoms with Crippen LogP contribution < -0.4 is 5.73 Å². The molecule has 11 heavy (non-hydrogen) atoms.